The predicted octanol–water partition coefficient (Wildman–Crippen LogP) is 3.93. The summed E-state index contributed by atoms with van der Waals surface area (Å²) in [4.78, 5) is 15.9. The van der Waals surface area contributed by atoms with Crippen LogP contribution in [-0.4, -0.2) is 31.1 Å². The van der Waals surface area contributed by atoms with Gasteiger partial charge in [-0.3, -0.25) is 4.79 Å². The van der Waals surface area contributed by atoms with Gasteiger partial charge in [0.2, 0.25) is 5.91 Å². The second-order valence-electron chi connectivity index (χ2n) is 6.24. The third-order valence-electron chi connectivity index (χ3n) is 4.68. The van der Waals surface area contributed by atoms with E-state index in [9.17, 15) is 4.79 Å². The van der Waals surface area contributed by atoms with Gasteiger partial charge in [0, 0.05) is 23.9 Å². The molecule has 0 bridgehead atoms. The molecule has 0 saturated heterocycles. The average Bonchev–Trinajstić information content (AvgIpc) is 3.15. The maximum atomic E-state index is 12.6. The Bertz CT molecular complexity index is 825. The number of hydrogen-bond acceptors (Lipinski definition) is 5. The molecule has 1 unspecified atom stereocenters. The lowest BCUT2D eigenvalue weighted by Gasteiger charge is -2.33. The number of hydrogen-bond donors (Lipinski definition) is 0. The molecule has 1 aliphatic heterocycles. The zero-order valence-corrected chi connectivity index (χ0v) is 15.8. The Morgan fingerprint density at radius 3 is 3.00 bits per heavy atom. The van der Waals surface area contributed by atoms with E-state index in [1.54, 1.807) is 36.6 Å². The van der Waals surface area contributed by atoms with Crippen molar-refractivity contribution in [3.05, 3.63) is 45.6 Å². The first-order valence-electron chi connectivity index (χ1n) is 8.70. The van der Waals surface area contributed by atoms with Crippen LogP contribution in [0.25, 0.3) is 0 Å². The Morgan fingerprint density at radius 2 is 2.23 bits per heavy atom. The molecule has 26 heavy (non-hydrogen) atoms. The van der Waals surface area contributed by atoms with Gasteiger partial charge in [-0.2, -0.15) is 5.26 Å². The number of nitrogens with zero attached hydrogens (tertiary/aromatic N) is 2. The number of thiophene rings is 1. The molecule has 2 aromatic rings. The average molecular weight is 370 g/mol. The molecular weight excluding hydrogens is 348 g/mol. The first-order chi connectivity index (χ1) is 12.6. The van der Waals surface area contributed by atoms with Crippen molar-refractivity contribution in [2.75, 3.05) is 20.3 Å². The third-order valence-corrected chi connectivity index (χ3v) is 5.68. The highest BCUT2D eigenvalue weighted by Crippen LogP contribution is 2.33. The largest absolute Gasteiger partial charge is 0.493 e. The summed E-state index contributed by atoms with van der Waals surface area (Å²) in [5, 5.41) is 11.0. The highest BCUT2D eigenvalue weighted by atomic mass is 32.1. The molecule has 0 aliphatic carbocycles. The number of carbonyl (C=O) groups is 1. The van der Waals surface area contributed by atoms with E-state index in [0.29, 0.717) is 36.5 Å². The highest BCUT2D eigenvalue weighted by Gasteiger charge is 2.27. The van der Waals surface area contributed by atoms with Gasteiger partial charge >= 0.3 is 0 Å². The maximum Gasteiger partial charge on any atom is 0.223 e. The molecule has 0 radical (unpaired) electrons. The number of carbonyl (C=O) groups excluding carboxylic acids is 1. The van der Waals surface area contributed by atoms with Gasteiger partial charge < -0.3 is 14.4 Å². The Labute approximate surface area is 157 Å². The molecule has 136 valence electrons. The van der Waals surface area contributed by atoms with Crippen LogP contribution in [0.2, 0.25) is 0 Å². The fourth-order valence-electron chi connectivity index (χ4n) is 3.26. The monoisotopic (exact) mass is 370 g/mol. The molecule has 0 spiro atoms. The Morgan fingerprint density at radius 1 is 1.38 bits per heavy atom. The summed E-state index contributed by atoms with van der Waals surface area (Å²) >= 11 is 1.78. The summed E-state index contributed by atoms with van der Waals surface area (Å²) < 4.78 is 11.0. The molecule has 5 nitrogen and oxygen atoms in total. The van der Waals surface area contributed by atoms with Gasteiger partial charge in [0.25, 0.3) is 0 Å². The zero-order valence-electron chi connectivity index (χ0n) is 15.0. The van der Waals surface area contributed by atoms with Crippen LogP contribution in [0.4, 0.5) is 0 Å². The van der Waals surface area contributed by atoms with Crippen LogP contribution in [0.1, 0.15) is 41.8 Å². The first kappa shape index (κ1) is 18.3. The van der Waals surface area contributed by atoms with Gasteiger partial charge in [-0.15, -0.1) is 11.3 Å². The zero-order chi connectivity index (χ0) is 18.5. The van der Waals surface area contributed by atoms with Crippen LogP contribution in [0.5, 0.6) is 11.5 Å². The SMILES string of the molecule is COc1cc(C#N)ccc1OCCCC(=O)N1CCc2sccc2C1C. The van der Waals surface area contributed by atoms with Gasteiger partial charge in [-0.05, 0) is 48.9 Å². The lowest BCUT2D eigenvalue weighted by atomic mass is 10.0. The molecule has 0 saturated carbocycles. The summed E-state index contributed by atoms with van der Waals surface area (Å²) in [6, 6.07) is 9.42. The van der Waals surface area contributed by atoms with Crippen molar-refractivity contribution in [2.45, 2.75) is 32.2 Å². The van der Waals surface area contributed by atoms with E-state index in [0.717, 1.165) is 13.0 Å². The molecule has 1 amide bonds. The summed E-state index contributed by atoms with van der Waals surface area (Å²) in [6.07, 6.45) is 2.05. The number of rotatable bonds is 6. The first-order valence-corrected chi connectivity index (χ1v) is 9.58. The summed E-state index contributed by atoms with van der Waals surface area (Å²) in [5.74, 6) is 1.29. The lowest BCUT2D eigenvalue weighted by Crippen LogP contribution is -2.38. The quantitative estimate of drug-likeness (QED) is 0.723. The van der Waals surface area contributed by atoms with Crippen LogP contribution in [0.3, 0.4) is 0 Å². The number of methoxy groups -OCH3 is 1. The topological polar surface area (TPSA) is 62.6 Å². The van der Waals surface area contributed by atoms with Crippen molar-refractivity contribution in [3.63, 3.8) is 0 Å². The van der Waals surface area contributed by atoms with Crippen molar-refractivity contribution in [2.24, 2.45) is 0 Å². The number of benzene rings is 1. The van der Waals surface area contributed by atoms with Crippen molar-refractivity contribution in [1.82, 2.24) is 4.90 Å². The fourth-order valence-corrected chi connectivity index (χ4v) is 4.22. The van der Waals surface area contributed by atoms with Crippen LogP contribution in [0.15, 0.2) is 29.6 Å². The predicted molar refractivity (Wildman–Crippen MR) is 101 cm³/mol. The summed E-state index contributed by atoms with van der Waals surface area (Å²) in [5.41, 5.74) is 1.81. The van der Waals surface area contributed by atoms with Gasteiger partial charge in [0.15, 0.2) is 11.5 Å². The lowest BCUT2D eigenvalue weighted by molar-refractivity contribution is -0.134. The third kappa shape index (κ3) is 3.83. The molecule has 0 N–H and O–H groups in total. The Balaban J connectivity index is 1.50. The second kappa shape index (κ2) is 8.24. The van der Waals surface area contributed by atoms with Crippen LogP contribution in [-0.2, 0) is 11.2 Å². The fraction of sp³-hybridized carbons (Fsp3) is 0.400. The minimum absolute atomic E-state index is 0.150. The van der Waals surface area contributed by atoms with E-state index in [4.69, 9.17) is 14.7 Å². The van der Waals surface area contributed by atoms with Crippen LogP contribution < -0.4 is 9.47 Å². The Kier molecular flexibility index (Phi) is 5.79. The molecular formula is C20H22N2O3S. The van der Waals surface area contributed by atoms with E-state index >= 15 is 0 Å². The molecule has 1 aromatic heterocycles. The maximum absolute atomic E-state index is 12.6. The number of amides is 1. The molecule has 3 rings (SSSR count). The van der Waals surface area contributed by atoms with Gasteiger partial charge in [0.05, 0.1) is 31.4 Å². The van der Waals surface area contributed by atoms with E-state index < -0.39 is 0 Å². The smallest absolute Gasteiger partial charge is 0.223 e. The highest BCUT2D eigenvalue weighted by molar-refractivity contribution is 7.10. The molecule has 1 atom stereocenters. The van der Waals surface area contributed by atoms with Crippen molar-refractivity contribution >= 4 is 17.2 Å². The number of fused-ring (bicyclic) bond motifs is 1. The minimum Gasteiger partial charge on any atom is -0.493 e. The normalized spacial score (nSPS) is 15.9. The molecule has 6 heteroatoms. The molecule has 2 heterocycles. The minimum atomic E-state index is 0.150. The van der Waals surface area contributed by atoms with Crippen LogP contribution in [0, 0.1) is 11.3 Å². The van der Waals surface area contributed by atoms with Crippen LogP contribution >= 0.6 is 11.3 Å². The van der Waals surface area contributed by atoms with E-state index in [-0.39, 0.29) is 11.9 Å². The number of nitriles is 1. The Hall–Kier alpha value is -2.52. The molecule has 1 aromatic carbocycles. The van der Waals surface area contributed by atoms with Crippen molar-refractivity contribution in [1.29, 1.82) is 5.26 Å². The van der Waals surface area contributed by atoms with Crippen molar-refractivity contribution < 1.29 is 14.3 Å². The van der Waals surface area contributed by atoms with E-state index in [2.05, 4.69) is 24.4 Å². The summed E-state index contributed by atoms with van der Waals surface area (Å²) in [7, 11) is 1.54. The summed E-state index contributed by atoms with van der Waals surface area (Å²) in [6.45, 7) is 3.32. The van der Waals surface area contributed by atoms with Gasteiger partial charge in [-0.1, -0.05) is 0 Å². The molecule has 1 aliphatic rings. The van der Waals surface area contributed by atoms with Crippen molar-refractivity contribution in [3.8, 4) is 17.6 Å². The number of ether oxygens (including phenoxy) is 2. The molecule has 0 fully saturated rings. The van der Waals surface area contributed by atoms with E-state index in [1.165, 1.54) is 10.4 Å². The standard InChI is InChI=1S/C20H22N2O3S/c1-14-16-8-11-26-19(16)7-9-22(14)20(23)4-3-10-25-17-6-5-15(13-21)12-18(17)24-2/h5-6,8,11-12,14H,3-4,7,9-10H2,1-2H3. The van der Waals surface area contributed by atoms with E-state index in [1.807, 2.05) is 4.90 Å². The van der Waals surface area contributed by atoms with Gasteiger partial charge in [0.1, 0.15) is 0 Å². The van der Waals surface area contributed by atoms with Gasteiger partial charge in [-0.25, -0.2) is 0 Å². The second-order valence-corrected chi connectivity index (χ2v) is 7.24.